The van der Waals surface area contributed by atoms with Crippen LogP contribution in [0.25, 0.3) is 0 Å². The number of para-hydroxylation sites is 1. The van der Waals surface area contributed by atoms with Crippen LogP contribution in [0.5, 0.6) is 5.75 Å². The molecule has 0 heterocycles. The fourth-order valence-corrected chi connectivity index (χ4v) is 3.34. The summed E-state index contributed by atoms with van der Waals surface area (Å²) in [4.78, 5) is 14.8. The number of rotatable bonds is 5. The van der Waals surface area contributed by atoms with Crippen molar-refractivity contribution in [2.24, 2.45) is 0 Å². The zero-order valence-electron chi connectivity index (χ0n) is 14.6. The van der Waals surface area contributed by atoms with Crippen molar-refractivity contribution in [2.75, 3.05) is 7.05 Å². The van der Waals surface area contributed by atoms with Gasteiger partial charge in [0, 0.05) is 13.1 Å². The van der Waals surface area contributed by atoms with E-state index in [0.29, 0.717) is 24.0 Å². The molecule has 0 saturated heterocycles. The minimum atomic E-state index is -0.270. The topological polar surface area (TPSA) is 29.5 Å². The van der Waals surface area contributed by atoms with Gasteiger partial charge in [-0.25, -0.2) is 4.39 Å². The van der Waals surface area contributed by atoms with Crippen LogP contribution in [0.15, 0.2) is 48.5 Å². The van der Waals surface area contributed by atoms with Crippen LogP contribution < -0.4 is 4.74 Å². The van der Waals surface area contributed by atoms with Crippen molar-refractivity contribution in [3.8, 4) is 5.75 Å². The summed E-state index contributed by atoms with van der Waals surface area (Å²) in [5.74, 6) is 0.300. The molecule has 1 saturated carbocycles. The number of nitrogens with zero attached hydrogens (tertiary/aromatic N) is 1. The molecule has 0 aromatic heterocycles. The fourth-order valence-electron chi connectivity index (χ4n) is 3.34. The molecule has 25 heavy (non-hydrogen) atoms. The first-order chi connectivity index (χ1) is 12.1. The lowest BCUT2D eigenvalue weighted by Crippen LogP contribution is -2.38. The van der Waals surface area contributed by atoms with E-state index in [1.54, 1.807) is 12.1 Å². The Balaban J connectivity index is 1.71. The molecule has 1 aliphatic rings. The average molecular weight is 341 g/mol. The molecule has 0 atom stereocenters. The van der Waals surface area contributed by atoms with E-state index in [0.717, 1.165) is 18.4 Å². The first-order valence-electron chi connectivity index (χ1n) is 8.88. The number of hydrogen-bond donors (Lipinski definition) is 0. The van der Waals surface area contributed by atoms with Crippen molar-refractivity contribution in [1.82, 2.24) is 4.90 Å². The third-order valence-corrected chi connectivity index (χ3v) is 4.87. The summed E-state index contributed by atoms with van der Waals surface area (Å²) < 4.78 is 18.8. The van der Waals surface area contributed by atoms with Gasteiger partial charge in [-0.2, -0.15) is 0 Å². The SMILES string of the molecule is CN(C(=O)c1ccccc1OCc1ccc(F)cc1)C1CCCCC1. The summed E-state index contributed by atoms with van der Waals surface area (Å²) in [6.07, 6.45) is 5.77. The van der Waals surface area contributed by atoms with Gasteiger partial charge in [0.05, 0.1) is 5.56 Å². The van der Waals surface area contributed by atoms with E-state index in [4.69, 9.17) is 4.74 Å². The number of hydrogen-bond acceptors (Lipinski definition) is 2. The molecule has 3 rings (SSSR count). The maximum atomic E-state index is 13.0. The minimum absolute atomic E-state index is 0.00149. The van der Waals surface area contributed by atoms with Crippen LogP contribution in [0.2, 0.25) is 0 Å². The molecule has 4 heteroatoms. The van der Waals surface area contributed by atoms with Gasteiger partial charge >= 0.3 is 0 Å². The van der Waals surface area contributed by atoms with E-state index in [2.05, 4.69) is 0 Å². The quantitative estimate of drug-likeness (QED) is 0.781. The van der Waals surface area contributed by atoms with E-state index in [1.807, 2.05) is 36.2 Å². The Morgan fingerprint density at radius 1 is 1.08 bits per heavy atom. The van der Waals surface area contributed by atoms with Crippen LogP contribution in [-0.2, 0) is 6.61 Å². The van der Waals surface area contributed by atoms with E-state index in [-0.39, 0.29) is 11.7 Å². The molecule has 0 bridgehead atoms. The lowest BCUT2D eigenvalue weighted by Gasteiger charge is -2.31. The molecule has 2 aromatic carbocycles. The smallest absolute Gasteiger partial charge is 0.257 e. The van der Waals surface area contributed by atoms with Crippen LogP contribution in [0.4, 0.5) is 4.39 Å². The highest BCUT2D eigenvalue weighted by atomic mass is 19.1. The van der Waals surface area contributed by atoms with Gasteiger partial charge in [0.2, 0.25) is 0 Å². The monoisotopic (exact) mass is 341 g/mol. The minimum Gasteiger partial charge on any atom is -0.488 e. The number of ether oxygens (including phenoxy) is 1. The predicted octanol–water partition coefficient (Wildman–Crippen LogP) is 4.81. The molecule has 0 unspecified atom stereocenters. The molecular weight excluding hydrogens is 317 g/mol. The van der Waals surface area contributed by atoms with Crippen molar-refractivity contribution >= 4 is 5.91 Å². The summed E-state index contributed by atoms with van der Waals surface area (Å²) in [5.41, 5.74) is 1.45. The summed E-state index contributed by atoms with van der Waals surface area (Å²) in [7, 11) is 1.88. The Morgan fingerprint density at radius 3 is 2.48 bits per heavy atom. The molecular formula is C21H24FNO2. The van der Waals surface area contributed by atoms with Gasteiger partial charge in [-0.1, -0.05) is 43.5 Å². The number of benzene rings is 2. The van der Waals surface area contributed by atoms with Gasteiger partial charge in [0.1, 0.15) is 18.2 Å². The molecule has 3 nitrogen and oxygen atoms in total. The van der Waals surface area contributed by atoms with Crippen LogP contribution in [0.1, 0.15) is 48.0 Å². The van der Waals surface area contributed by atoms with Crippen LogP contribution in [-0.4, -0.2) is 23.9 Å². The lowest BCUT2D eigenvalue weighted by molar-refractivity contribution is 0.0691. The zero-order valence-corrected chi connectivity index (χ0v) is 14.6. The Labute approximate surface area is 148 Å². The lowest BCUT2D eigenvalue weighted by atomic mass is 9.94. The van der Waals surface area contributed by atoms with Gasteiger partial charge in [-0.05, 0) is 42.7 Å². The van der Waals surface area contributed by atoms with E-state index >= 15 is 0 Å². The molecule has 0 N–H and O–H groups in total. The van der Waals surface area contributed by atoms with Crippen molar-refractivity contribution in [3.63, 3.8) is 0 Å². The van der Waals surface area contributed by atoms with Gasteiger partial charge in [0.15, 0.2) is 0 Å². The number of carbonyl (C=O) groups is 1. The maximum absolute atomic E-state index is 13.0. The van der Waals surface area contributed by atoms with Gasteiger partial charge in [-0.3, -0.25) is 4.79 Å². The number of amides is 1. The standard InChI is InChI=1S/C21H24FNO2/c1-23(18-7-3-2-4-8-18)21(24)19-9-5-6-10-20(19)25-15-16-11-13-17(22)14-12-16/h5-6,9-14,18H,2-4,7-8,15H2,1H3. The number of halogens is 1. The first-order valence-corrected chi connectivity index (χ1v) is 8.88. The van der Waals surface area contributed by atoms with Gasteiger partial charge in [-0.15, -0.1) is 0 Å². The zero-order chi connectivity index (χ0) is 17.6. The Hall–Kier alpha value is -2.36. The van der Waals surface area contributed by atoms with Crippen molar-refractivity contribution in [2.45, 2.75) is 44.8 Å². The molecule has 0 spiro atoms. The van der Waals surface area contributed by atoms with Crippen LogP contribution in [0.3, 0.4) is 0 Å². The first kappa shape index (κ1) is 17.5. The summed E-state index contributed by atoms with van der Waals surface area (Å²) in [5, 5.41) is 0. The second kappa shape index (κ2) is 8.15. The van der Waals surface area contributed by atoms with Crippen molar-refractivity contribution in [3.05, 3.63) is 65.5 Å². The maximum Gasteiger partial charge on any atom is 0.257 e. The Morgan fingerprint density at radius 2 is 1.76 bits per heavy atom. The molecule has 132 valence electrons. The fraction of sp³-hybridized carbons (Fsp3) is 0.381. The van der Waals surface area contributed by atoms with Gasteiger partial charge in [0.25, 0.3) is 5.91 Å². The normalized spacial score (nSPS) is 15.0. The Bertz CT molecular complexity index is 708. The second-order valence-electron chi connectivity index (χ2n) is 6.62. The highest BCUT2D eigenvalue weighted by Crippen LogP contribution is 2.26. The van der Waals surface area contributed by atoms with Crippen LogP contribution >= 0.6 is 0 Å². The van der Waals surface area contributed by atoms with Crippen molar-refractivity contribution in [1.29, 1.82) is 0 Å². The molecule has 0 radical (unpaired) electrons. The average Bonchev–Trinajstić information content (AvgIpc) is 2.67. The van der Waals surface area contributed by atoms with Gasteiger partial charge < -0.3 is 9.64 Å². The molecule has 1 fully saturated rings. The molecule has 0 aliphatic heterocycles. The van der Waals surface area contributed by atoms with Crippen molar-refractivity contribution < 1.29 is 13.9 Å². The second-order valence-corrected chi connectivity index (χ2v) is 6.62. The third kappa shape index (κ3) is 4.38. The summed E-state index contributed by atoms with van der Waals surface area (Å²) >= 11 is 0. The van der Waals surface area contributed by atoms with Crippen LogP contribution in [0, 0.1) is 5.82 Å². The van der Waals surface area contributed by atoms with E-state index in [1.165, 1.54) is 31.4 Å². The van der Waals surface area contributed by atoms with E-state index in [9.17, 15) is 9.18 Å². The third-order valence-electron chi connectivity index (χ3n) is 4.87. The largest absolute Gasteiger partial charge is 0.488 e. The molecule has 1 amide bonds. The van der Waals surface area contributed by atoms with E-state index < -0.39 is 0 Å². The Kier molecular flexibility index (Phi) is 5.69. The predicted molar refractivity (Wildman–Crippen MR) is 96.1 cm³/mol. The molecule has 1 aliphatic carbocycles. The number of carbonyl (C=O) groups excluding carboxylic acids is 1. The molecule has 2 aromatic rings. The highest BCUT2D eigenvalue weighted by molar-refractivity contribution is 5.97. The highest BCUT2D eigenvalue weighted by Gasteiger charge is 2.24. The summed E-state index contributed by atoms with van der Waals surface area (Å²) in [6.45, 7) is 0.303. The summed E-state index contributed by atoms with van der Waals surface area (Å²) in [6, 6.07) is 13.8.